The van der Waals surface area contributed by atoms with Crippen LogP contribution >= 0.6 is 0 Å². The Morgan fingerprint density at radius 2 is 1.92 bits per heavy atom. The molecule has 132 valence electrons. The summed E-state index contributed by atoms with van der Waals surface area (Å²) in [6.07, 6.45) is 1.18. The molecule has 0 aliphatic heterocycles. The first kappa shape index (κ1) is 17.0. The molecule has 0 aliphatic carbocycles. The summed E-state index contributed by atoms with van der Waals surface area (Å²) in [4.78, 5) is 30.3. The lowest BCUT2D eigenvalue weighted by Gasteiger charge is -2.09. The maximum atomic E-state index is 11.6. The number of nitrogens with one attached hydrogen (secondary N) is 2. The van der Waals surface area contributed by atoms with Crippen LogP contribution in [0.3, 0.4) is 0 Å². The van der Waals surface area contributed by atoms with E-state index in [2.05, 4.69) is 25.8 Å². The van der Waals surface area contributed by atoms with Gasteiger partial charge in [-0.05, 0) is 26.0 Å². The van der Waals surface area contributed by atoms with Crippen molar-refractivity contribution in [3.8, 4) is 0 Å². The summed E-state index contributed by atoms with van der Waals surface area (Å²) in [6.45, 7) is 3.13. The zero-order valence-corrected chi connectivity index (χ0v) is 13.9. The molecule has 0 atom stereocenters. The quantitative estimate of drug-likeness (QED) is 0.388. The van der Waals surface area contributed by atoms with Gasteiger partial charge in [-0.2, -0.15) is 0 Å². The second kappa shape index (κ2) is 6.97. The number of anilines is 4. The van der Waals surface area contributed by atoms with Crippen LogP contribution in [-0.4, -0.2) is 25.8 Å². The number of carbonyl (C=O) groups is 1. The third-order valence-electron chi connectivity index (χ3n) is 3.41. The molecular weight excluding hydrogens is 340 g/mol. The van der Waals surface area contributed by atoms with Crippen LogP contribution in [0.1, 0.15) is 23.0 Å². The molecule has 0 aliphatic rings. The number of rotatable bonds is 6. The van der Waals surface area contributed by atoms with E-state index in [4.69, 9.17) is 4.52 Å². The van der Waals surface area contributed by atoms with Gasteiger partial charge in [0.25, 0.3) is 0 Å². The molecule has 2 aromatic heterocycles. The number of Topliss-reactive ketones (excluding diaryl/α,β-unsaturated/α-hetero) is 1. The summed E-state index contributed by atoms with van der Waals surface area (Å²) in [7, 11) is 0. The third kappa shape index (κ3) is 3.64. The minimum absolute atomic E-state index is 0.0200. The van der Waals surface area contributed by atoms with Crippen LogP contribution in [0.15, 0.2) is 41.2 Å². The van der Waals surface area contributed by atoms with E-state index in [1.54, 1.807) is 37.3 Å². The lowest BCUT2D eigenvalue weighted by molar-refractivity contribution is -0.383. The smallest absolute Gasteiger partial charge is 0.353 e. The van der Waals surface area contributed by atoms with Crippen LogP contribution in [0.2, 0.25) is 0 Å². The first-order valence-corrected chi connectivity index (χ1v) is 7.52. The van der Waals surface area contributed by atoms with E-state index in [0.717, 1.165) is 0 Å². The maximum Gasteiger partial charge on any atom is 0.353 e. The highest BCUT2D eigenvalue weighted by molar-refractivity contribution is 5.95. The normalized spacial score (nSPS) is 10.4. The summed E-state index contributed by atoms with van der Waals surface area (Å²) < 4.78 is 4.93. The lowest BCUT2D eigenvalue weighted by Crippen LogP contribution is -2.06. The standard InChI is InChI=1S/C16H14N6O4/c1-9-6-13(21-26-9)20-16-14(22(24)25)15(17-8-18-16)19-12-5-3-4-11(7-12)10(2)23/h3-8H,1-2H3,(H2,17,18,19,20,21). The van der Waals surface area contributed by atoms with Gasteiger partial charge in [0.2, 0.25) is 11.6 Å². The van der Waals surface area contributed by atoms with Crippen molar-refractivity contribution in [2.45, 2.75) is 13.8 Å². The molecule has 0 saturated heterocycles. The summed E-state index contributed by atoms with van der Waals surface area (Å²) >= 11 is 0. The van der Waals surface area contributed by atoms with Gasteiger partial charge in [-0.15, -0.1) is 0 Å². The maximum absolute atomic E-state index is 11.6. The lowest BCUT2D eigenvalue weighted by atomic mass is 10.1. The van der Waals surface area contributed by atoms with E-state index in [0.29, 0.717) is 17.0 Å². The van der Waals surface area contributed by atoms with E-state index in [1.165, 1.54) is 13.3 Å². The molecule has 3 rings (SSSR count). The number of ketones is 1. The summed E-state index contributed by atoms with van der Waals surface area (Å²) in [5.41, 5.74) is 0.604. The molecule has 0 bridgehead atoms. The van der Waals surface area contributed by atoms with Gasteiger partial charge >= 0.3 is 5.69 Å². The Morgan fingerprint density at radius 1 is 1.19 bits per heavy atom. The van der Waals surface area contributed by atoms with Gasteiger partial charge in [0.05, 0.1) is 4.92 Å². The van der Waals surface area contributed by atoms with Crippen molar-refractivity contribution >= 4 is 34.6 Å². The molecule has 3 aromatic rings. The van der Waals surface area contributed by atoms with E-state index >= 15 is 0 Å². The van der Waals surface area contributed by atoms with E-state index in [9.17, 15) is 14.9 Å². The zero-order valence-electron chi connectivity index (χ0n) is 13.9. The van der Waals surface area contributed by atoms with Gasteiger partial charge < -0.3 is 15.2 Å². The van der Waals surface area contributed by atoms with Gasteiger partial charge in [-0.25, -0.2) is 9.97 Å². The van der Waals surface area contributed by atoms with Crippen molar-refractivity contribution in [1.82, 2.24) is 15.1 Å². The minimum Gasteiger partial charge on any atom is -0.360 e. The predicted molar refractivity (Wildman–Crippen MR) is 92.9 cm³/mol. The van der Waals surface area contributed by atoms with E-state index in [1.807, 2.05) is 0 Å². The average molecular weight is 354 g/mol. The Balaban J connectivity index is 1.96. The Kier molecular flexibility index (Phi) is 4.56. The SMILES string of the molecule is CC(=O)c1cccc(Nc2ncnc(Nc3cc(C)on3)c2[N+](=O)[O-])c1. The highest BCUT2D eigenvalue weighted by Crippen LogP contribution is 2.32. The molecule has 10 heteroatoms. The number of aryl methyl sites for hydroxylation is 1. The highest BCUT2D eigenvalue weighted by atomic mass is 16.6. The fraction of sp³-hybridized carbons (Fsp3) is 0.125. The second-order valence-electron chi connectivity index (χ2n) is 5.39. The molecule has 0 unspecified atom stereocenters. The molecule has 0 spiro atoms. The van der Waals surface area contributed by atoms with Gasteiger partial charge in [-0.1, -0.05) is 17.3 Å². The Bertz CT molecular complexity index is 984. The van der Waals surface area contributed by atoms with Crippen LogP contribution in [0.5, 0.6) is 0 Å². The molecular formula is C16H14N6O4. The molecule has 0 saturated carbocycles. The summed E-state index contributed by atoms with van der Waals surface area (Å²) in [5.74, 6) is 0.656. The van der Waals surface area contributed by atoms with Crippen molar-refractivity contribution in [2.24, 2.45) is 0 Å². The number of aromatic nitrogens is 3. The van der Waals surface area contributed by atoms with Crippen molar-refractivity contribution < 1.29 is 14.2 Å². The average Bonchev–Trinajstić information content (AvgIpc) is 3.00. The second-order valence-corrected chi connectivity index (χ2v) is 5.39. The first-order valence-electron chi connectivity index (χ1n) is 7.52. The molecule has 0 amide bonds. The molecule has 2 heterocycles. The molecule has 2 N–H and O–H groups in total. The number of nitro groups is 1. The third-order valence-corrected chi connectivity index (χ3v) is 3.41. The zero-order chi connectivity index (χ0) is 18.7. The van der Waals surface area contributed by atoms with Crippen LogP contribution in [0.4, 0.5) is 28.8 Å². The Morgan fingerprint density at radius 3 is 2.54 bits per heavy atom. The van der Waals surface area contributed by atoms with Crippen LogP contribution in [-0.2, 0) is 0 Å². The van der Waals surface area contributed by atoms with E-state index < -0.39 is 4.92 Å². The summed E-state index contributed by atoms with van der Waals surface area (Å²) in [6, 6.07) is 8.16. The van der Waals surface area contributed by atoms with Crippen molar-refractivity contribution in [3.05, 3.63) is 58.1 Å². The Hall–Kier alpha value is -3.82. The first-order chi connectivity index (χ1) is 12.4. The number of nitrogens with zero attached hydrogens (tertiary/aromatic N) is 4. The molecule has 1 aromatic carbocycles. The van der Waals surface area contributed by atoms with Gasteiger partial charge in [0.15, 0.2) is 11.6 Å². The molecule has 26 heavy (non-hydrogen) atoms. The van der Waals surface area contributed by atoms with Crippen LogP contribution in [0.25, 0.3) is 0 Å². The largest absolute Gasteiger partial charge is 0.360 e. The number of hydrogen-bond acceptors (Lipinski definition) is 9. The van der Waals surface area contributed by atoms with Crippen LogP contribution in [0, 0.1) is 17.0 Å². The highest BCUT2D eigenvalue weighted by Gasteiger charge is 2.24. The van der Waals surface area contributed by atoms with E-state index in [-0.39, 0.29) is 28.9 Å². The topological polar surface area (TPSA) is 136 Å². The summed E-state index contributed by atoms with van der Waals surface area (Å²) in [5, 5.41) is 20.9. The minimum atomic E-state index is -0.605. The van der Waals surface area contributed by atoms with Gasteiger partial charge in [0, 0.05) is 17.3 Å². The fourth-order valence-electron chi connectivity index (χ4n) is 2.23. The number of hydrogen-bond donors (Lipinski definition) is 2. The predicted octanol–water partition coefficient (Wildman–Crippen LogP) is 3.37. The molecule has 0 fully saturated rings. The van der Waals surface area contributed by atoms with Crippen molar-refractivity contribution in [2.75, 3.05) is 10.6 Å². The van der Waals surface area contributed by atoms with Gasteiger partial charge in [-0.3, -0.25) is 14.9 Å². The molecule has 0 radical (unpaired) electrons. The van der Waals surface area contributed by atoms with Gasteiger partial charge in [0.1, 0.15) is 12.1 Å². The van der Waals surface area contributed by atoms with Crippen molar-refractivity contribution in [3.63, 3.8) is 0 Å². The van der Waals surface area contributed by atoms with Crippen molar-refractivity contribution in [1.29, 1.82) is 0 Å². The number of benzene rings is 1. The monoisotopic (exact) mass is 354 g/mol. The fourth-order valence-corrected chi connectivity index (χ4v) is 2.23. The van der Waals surface area contributed by atoms with Crippen LogP contribution < -0.4 is 10.6 Å². The molecule has 10 nitrogen and oxygen atoms in total. The Labute approximate surface area is 147 Å². The number of carbonyl (C=O) groups excluding carboxylic acids is 1.